The van der Waals surface area contributed by atoms with Crippen LogP contribution in [0.3, 0.4) is 0 Å². The zero-order valence-electron chi connectivity index (χ0n) is 14.0. The summed E-state index contributed by atoms with van der Waals surface area (Å²) in [6.07, 6.45) is 2.23. The lowest BCUT2D eigenvalue weighted by Crippen LogP contribution is -2.42. The quantitative estimate of drug-likeness (QED) is 0.620. The molecule has 0 aliphatic carbocycles. The Hall–Kier alpha value is -1.36. The van der Waals surface area contributed by atoms with Gasteiger partial charge in [0.1, 0.15) is 5.75 Å². The molecule has 0 bridgehead atoms. The molecule has 2 rings (SSSR count). The molecule has 0 saturated carbocycles. The van der Waals surface area contributed by atoms with Crippen LogP contribution in [0.25, 0.3) is 0 Å². The smallest absolute Gasteiger partial charge is 0.118 e. The third-order valence-corrected chi connectivity index (χ3v) is 3.98. The topological polar surface area (TPSA) is 33.7 Å². The molecule has 22 heavy (non-hydrogen) atoms. The first kappa shape index (κ1) is 17.0. The van der Waals surface area contributed by atoms with Gasteiger partial charge in [-0.1, -0.05) is 23.8 Å². The van der Waals surface area contributed by atoms with Crippen LogP contribution < -0.4 is 10.1 Å². The number of ether oxygens (including phenoxy) is 2. The van der Waals surface area contributed by atoms with Gasteiger partial charge in [-0.15, -0.1) is 0 Å². The van der Waals surface area contributed by atoms with E-state index in [1.807, 2.05) is 12.1 Å². The second kappa shape index (κ2) is 8.93. The number of benzene rings is 1. The first-order valence-corrected chi connectivity index (χ1v) is 8.00. The number of methoxy groups -OCH3 is 1. The highest BCUT2D eigenvalue weighted by Gasteiger charge is 2.22. The number of hydrogen-bond donors (Lipinski definition) is 1. The van der Waals surface area contributed by atoms with Gasteiger partial charge in [0.25, 0.3) is 0 Å². The van der Waals surface area contributed by atoms with E-state index in [4.69, 9.17) is 9.47 Å². The number of nitrogens with zero attached hydrogens (tertiary/aromatic N) is 1. The minimum Gasteiger partial charge on any atom is -0.497 e. The van der Waals surface area contributed by atoms with Crippen molar-refractivity contribution in [1.82, 2.24) is 10.2 Å². The minimum atomic E-state index is 0.375. The number of allylic oxidation sites excluding steroid dienone is 1. The second-order valence-corrected chi connectivity index (χ2v) is 5.88. The molecule has 1 fully saturated rings. The van der Waals surface area contributed by atoms with E-state index in [0.717, 1.165) is 45.1 Å². The van der Waals surface area contributed by atoms with E-state index in [1.165, 1.54) is 11.1 Å². The van der Waals surface area contributed by atoms with Crippen molar-refractivity contribution in [3.63, 3.8) is 0 Å². The van der Waals surface area contributed by atoms with Gasteiger partial charge in [0, 0.05) is 32.2 Å². The standard InChI is InChI=1S/C18H28N2O2/c1-15(2)8-9-19-14-18(20-10-12-22-13-11-20)16-4-6-17(21-3)7-5-16/h4-8,18-19H,9-14H2,1-3H3. The molecule has 1 aliphatic rings. The molecule has 4 nitrogen and oxygen atoms in total. The summed E-state index contributed by atoms with van der Waals surface area (Å²) < 4.78 is 10.8. The summed E-state index contributed by atoms with van der Waals surface area (Å²) in [4.78, 5) is 2.50. The van der Waals surface area contributed by atoms with E-state index in [2.05, 4.69) is 42.3 Å². The van der Waals surface area contributed by atoms with Gasteiger partial charge in [-0.25, -0.2) is 0 Å². The van der Waals surface area contributed by atoms with Crippen molar-refractivity contribution in [3.8, 4) is 5.75 Å². The molecule has 1 aromatic rings. The lowest BCUT2D eigenvalue weighted by atomic mass is 10.0. The average Bonchev–Trinajstić information content (AvgIpc) is 2.56. The lowest BCUT2D eigenvalue weighted by molar-refractivity contribution is 0.0163. The Morgan fingerprint density at radius 1 is 1.27 bits per heavy atom. The third-order valence-electron chi connectivity index (χ3n) is 3.98. The first-order valence-electron chi connectivity index (χ1n) is 8.00. The van der Waals surface area contributed by atoms with Crippen molar-refractivity contribution in [1.29, 1.82) is 0 Å². The summed E-state index contributed by atoms with van der Waals surface area (Å²) in [5, 5.41) is 3.55. The SMILES string of the molecule is COc1ccc(C(CNCC=C(C)C)N2CCOCC2)cc1. The van der Waals surface area contributed by atoms with Crippen molar-refractivity contribution < 1.29 is 9.47 Å². The molecular formula is C18H28N2O2. The second-order valence-electron chi connectivity index (χ2n) is 5.88. The van der Waals surface area contributed by atoms with Gasteiger partial charge >= 0.3 is 0 Å². The molecule has 1 heterocycles. The number of hydrogen-bond acceptors (Lipinski definition) is 4. The predicted molar refractivity (Wildman–Crippen MR) is 90.4 cm³/mol. The maximum absolute atomic E-state index is 5.49. The van der Waals surface area contributed by atoms with Gasteiger partial charge in [0.15, 0.2) is 0 Å². The van der Waals surface area contributed by atoms with E-state index in [0.29, 0.717) is 6.04 Å². The average molecular weight is 304 g/mol. The highest BCUT2D eigenvalue weighted by Crippen LogP contribution is 2.23. The maximum Gasteiger partial charge on any atom is 0.118 e. The van der Waals surface area contributed by atoms with E-state index in [9.17, 15) is 0 Å². The fourth-order valence-electron chi connectivity index (χ4n) is 2.67. The molecule has 1 atom stereocenters. The van der Waals surface area contributed by atoms with E-state index >= 15 is 0 Å². The van der Waals surface area contributed by atoms with Crippen molar-refractivity contribution >= 4 is 0 Å². The van der Waals surface area contributed by atoms with Crippen LogP contribution in [0.4, 0.5) is 0 Å². The van der Waals surface area contributed by atoms with Crippen LogP contribution in [0.5, 0.6) is 5.75 Å². The number of rotatable bonds is 7. The Morgan fingerprint density at radius 3 is 2.55 bits per heavy atom. The van der Waals surface area contributed by atoms with Gasteiger partial charge in [0.05, 0.1) is 20.3 Å². The molecule has 1 aliphatic heterocycles. The van der Waals surface area contributed by atoms with Gasteiger partial charge in [-0.2, -0.15) is 0 Å². The van der Waals surface area contributed by atoms with E-state index < -0.39 is 0 Å². The summed E-state index contributed by atoms with van der Waals surface area (Å²) in [7, 11) is 1.70. The maximum atomic E-state index is 5.49. The van der Waals surface area contributed by atoms with Crippen molar-refractivity contribution in [2.45, 2.75) is 19.9 Å². The summed E-state index contributed by atoms with van der Waals surface area (Å²) >= 11 is 0. The van der Waals surface area contributed by atoms with Crippen molar-refractivity contribution in [2.75, 3.05) is 46.5 Å². The van der Waals surface area contributed by atoms with Crippen LogP contribution in [0.1, 0.15) is 25.5 Å². The minimum absolute atomic E-state index is 0.375. The van der Waals surface area contributed by atoms with Crippen molar-refractivity contribution in [2.24, 2.45) is 0 Å². The van der Waals surface area contributed by atoms with Gasteiger partial charge in [-0.3, -0.25) is 4.90 Å². The molecule has 122 valence electrons. The van der Waals surface area contributed by atoms with Crippen LogP contribution >= 0.6 is 0 Å². The normalized spacial score (nSPS) is 17.0. The summed E-state index contributed by atoms with van der Waals surface area (Å²) in [5.41, 5.74) is 2.67. The molecule has 0 aromatic heterocycles. The Bertz CT molecular complexity index is 460. The Morgan fingerprint density at radius 2 is 1.95 bits per heavy atom. The zero-order chi connectivity index (χ0) is 15.8. The number of nitrogens with one attached hydrogen (secondary N) is 1. The van der Waals surface area contributed by atoms with Crippen LogP contribution in [-0.4, -0.2) is 51.4 Å². The monoisotopic (exact) mass is 304 g/mol. The Kier molecular flexibility index (Phi) is 6.90. The molecule has 4 heteroatoms. The fraction of sp³-hybridized carbons (Fsp3) is 0.556. The molecule has 0 amide bonds. The van der Waals surface area contributed by atoms with E-state index in [1.54, 1.807) is 7.11 Å². The zero-order valence-corrected chi connectivity index (χ0v) is 14.0. The van der Waals surface area contributed by atoms with Gasteiger partial charge in [0.2, 0.25) is 0 Å². The Balaban J connectivity index is 2.03. The highest BCUT2D eigenvalue weighted by molar-refractivity contribution is 5.29. The molecular weight excluding hydrogens is 276 g/mol. The van der Waals surface area contributed by atoms with Gasteiger partial charge in [-0.05, 0) is 31.5 Å². The largest absolute Gasteiger partial charge is 0.497 e. The third kappa shape index (κ3) is 5.13. The Labute approximate surface area is 134 Å². The molecule has 1 N–H and O–H groups in total. The van der Waals surface area contributed by atoms with Crippen LogP contribution in [-0.2, 0) is 4.74 Å². The molecule has 1 saturated heterocycles. The highest BCUT2D eigenvalue weighted by atomic mass is 16.5. The summed E-state index contributed by atoms with van der Waals surface area (Å²) in [5.74, 6) is 0.905. The number of morpholine rings is 1. The first-order chi connectivity index (χ1) is 10.7. The fourth-order valence-corrected chi connectivity index (χ4v) is 2.67. The summed E-state index contributed by atoms with van der Waals surface area (Å²) in [6, 6.07) is 8.79. The molecule has 1 aromatic carbocycles. The van der Waals surface area contributed by atoms with Crippen molar-refractivity contribution in [3.05, 3.63) is 41.5 Å². The van der Waals surface area contributed by atoms with Crippen LogP contribution in [0, 0.1) is 0 Å². The summed E-state index contributed by atoms with van der Waals surface area (Å²) in [6.45, 7) is 9.73. The van der Waals surface area contributed by atoms with Crippen LogP contribution in [0.2, 0.25) is 0 Å². The van der Waals surface area contributed by atoms with Crippen LogP contribution in [0.15, 0.2) is 35.9 Å². The van der Waals surface area contributed by atoms with Gasteiger partial charge < -0.3 is 14.8 Å². The lowest BCUT2D eigenvalue weighted by Gasteiger charge is -2.35. The predicted octanol–water partition coefficient (Wildman–Crippen LogP) is 2.62. The van der Waals surface area contributed by atoms with E-state index in [-0.39, 0.29) is 0 Å². The molecule has 0 spiro atoms. The molecule has 0 radical (unpaired) electrons. The molecule has 1 unspecified atom stereocenters.